The molecule has 2 aliphatic rings. The predicted molar refractivity (Wildman–Crippen MR) is 109 cm³/mol. The summed E-state index contributed by atoms with van der Waals surface area (Å²) < 4.78 is 26.7. The van der Waals surface area contributed by atoms with E-state index >= 15 is 0 Å². The number of rotatable bonds is 4. The van der Waals surface area contributed by atoms with Gasteiger partial charge in [-0.05, 0) is 37.5 Å². The molecular weight excluding hydrogens is 414 g/mol. The van der Waals surface area contributed by atoms with Crippen LogP contribution in [-0.4, -0.2) is 39.8 Å². The van der Waals surface area contributed by atoms with Crippen LogP contribution in [0.1, 0.15) is 66.9 Å². The average molecular weight is 437 g/mol. The molecule has 0 bridgehead atoms. The number of alkyl halides is 2. The first-order valence-corrected chi connectivity index (χ1v) is 10.5. The van der Waals surface area contributed by atoms with Crippen LogP contribution in [0, 0.1) is 0 Å². The number of ketones is 1. The third-order valence-corrected chi connectivity index (χ3v) is 6.54. The molecule has 4 rings (SSSR count). The van der Waals surface area contributed by atoms with Crippen LogP contribution in [0.25, 0.3) is 10.9 Å². The van der Waals surface area contributed by atoms with Gasteiger partial charge < -0.3 is 10.4 Å². The molecule has 2 N–H and O–H groups in total. The number of halogens is 3. The molecule has 160 valence electrons. The normalized spacial score (nSPS) is 22.9. The van der Waals surface area contributed by atoms with Gasteiger partial charge in [0.05, 0.1) is 21.7 Å². The Bertz CT molecular complexity index is 1000. The maximum Gasteiger partial charge on any atom is 0.253 e. The lowest BCUT2D eigenvalue weighted by Gasteiger charge is -2.35. The molecular formula is C22H23ClF2N2O3. The number of Topliss-reactive ketones (excluding diaryl/α,β-unsaturated/α-hetero) is 1. The first kappa shape index (κ1) is 21.1. The molecule has 2 saturated carbocycles. The van der Waals surface area contributed by atoms with Crippen molar-refractivity contribution in [3.63, 3.8) is 0 Å². The van der Waals surface area contributed by atoms with Gasteiger partial charge in [0, 0.05) is 49.2 Å². The Morgan fingerprint density at radius 2 is 1.93 bits per heavy atom. The number of aliphatic hydroxyl groups is 1. The fourth-order valence-electron chi connectivity index (χ4n) is 4.31. The van der Waals surface area contributed by atoms with Crippen LogP contribution in [0.15, 0.2) is 24.3 Å². The number of nitrogens with one attached hydrogen (secondary N) is 1. The Kier molecular flexibility index (Phi) is 5.53. The number of pyridine rings is 1. The van der Waals surface area contributed by atoms with E-state index < -0.39 is 30.3 Å². The maximum atomic E-state index is 13.4. The van der Waals surface area contributed by atoms with Crippen molar-refractivity contribution in [3.8, 4) is 0 Å². The third kappa shape index (κ3) is 4.32. The van der Waals surface area contributed by atoms with Gasteiger partial charge in [-0.25, -0.2) is 8.78 Å². The maximum absolute atomic E-state index is 13.4. The predicted octanol–water partition coefficient (Wildman–Crippen LogP) is 4.40. The van der Waals surface area contributed by atoms with Crippen molar-refractivity contribution in [1.29, 1.82) is 0 Å². The number of fused-ring (bicyclic) bond motifs is 1. The fraction of sp³-hybridized carbons (Fsp3) is 0.500. The van der Waals surface area contributed by atoms with Crippen LogP contribution < -0.4 is 5.32 Å². The lowest BCUT2D eigenvalue weighted by atomic mass is 9.82. The van der Waals surface area contributed by atoms with Crippen LogP contribution in [0.2, 0.25) is 5.02 Å². The number of hydrogen-bond donors (Lipinski definition) is 2. The second-order valence-corrected chi connectivity index (χ2v) is 8.87. The molecule has 5 nitrogen and oxygen atoms in total. The SMILES string of the molecule is O=C1CCC(c2ccc3c(C(=O)NCC4(O)CCC(F)(F)CC4)c(Cl)ccc3n2)C1. The largest absolute Gasteiger partial charge is 0.388 e. The van der Waals surface area contributed by atoms with E-state index in [-0.39, 0.29) is 41.7 Å². The standard InChI is InChI=1S/C22H23ClF2N2O3/c23-16-4-6-18-15(3-5-17(27-18)13-1-2-14(28)11-13)19(16)20(29)26-12-21(30)7-9-22(24,25)10-8-21/h3-6,13,30H,1-2,7-12H2,(H,26,29). The van der Waals surface area contributed by atoms with Crippen molar-refractivity contribution >= 4 is 34.2 Å². The summed E-state index contributed by atoms with van der Waals surface area (Å²) in [7, 11) is 0. The van der Waals surface area contributed by atoms with Crippen LogP contribution in [0.5, 0.6) is 0 Å². The number of hydrogen-bond acceptors (Lipinski definition) is 4. The Balaban J connectivity index is 1.53. The third-order valence-electron chi connectivity index (χ3n) is 6.22. The molecule has 1 aromatic heterocycles. The van der Waals surface area contributed by atoms with Gasteiger partial charge in [0.2, 0.25) is 5.92 Å². The van der Waals surface area contributed by atoms with E-state index in [1.54, 1.807) is 18.2 Å². The zero-order valence-electron chi connectivity index (χ0n) is 16.4. The molecule has 2 aliphatic carbocycles. The smallest absolute Gasteiger partial charge is 0.253 e. The van der Waals surface area contributed by atoms with Gasteiger partial charge in [-0.1, -0.05) is 17.7 Å². The first-order valence-electron chi connectivity index (χ1n) is 10.2. The highest BCUT2D eigenvalue weighted by Gasteiger charge is 2.42. The van der Waals surface area contributed by atoms with Crippen LogP contribution in [-0.2, 0) is 4.79 Å². The summed E-state index contributed by atoms with van der Waals surface area (Å²) in [6.07, 6.45) is 0.874. The van der Waals surface area contributed by atoms with E-state index in [0.717, 1.165) is 12.1 Å². The summed E-state index contributed by atoms with van der Waals surface area (Å²) in [6, 6.07) is 6.91. The Morgan fingerprint density at radius 1 is 1.20 bits per heavy atom. The highest BCUT2D eigenvalue weighted by atomic mass is 35.5. The summed E-state index contributed by atoms with van der Waals surface area (Å²) in [5, 5.41) is 14.0. The van der Waals surface area contributed by atoms with Gasteiger partial charge in [0.1, 0.15) is 5.78 Å². The molecule has 1 atom stereocenters. The topological polar surface area (TPSA) is 79.3 Å². The van der Waals surface area contributed by atoms with Gasteiger partial charge in [-0.15, -0.1) is 0 Å². The zero-order valence-corrected chi connectivity index (χ0v) is 17.1. The summed E-state index contributed by atoms with van der Waals surface area (Å²) in [6.45, 7) is -0.121. The van der Waals surface area contributed by atoms with Crippen LogP contribution in [0.3, 0.4) is 0 Å². The molecule has 1 heterocycles. The Morgan fingerprint density at radius 3 is 2.60 bits per heavy atom. The number of benzene rings is 1. The first-order chi connectivity index (χ1) is 14.2. The molecule has 0 aliphatic heterocycles. The molecule has 1 amide bonds. The monoisotopic (exact) mass is 436 g/mol. The van der Waals surface area contributed by atoms with Gasteiger partial charge in [0.15, 0.2) is 0 Å². The van der Waals surface area contributed by atoms with Gasteiger partial charge in [-0.2, -0.15) is 0 Å². The quantitative estimate of drug-likeness (QED) is 0.744. The van der Waals surface area contributed by atoms with Crippen molar-refractivity contribution in [2.75, 3.05) is 6.54 Å². The van der Waals surface area contributed by atoms with E-state index in [1.807, 2.05) is 6.07 Å². The van der Waals surface area contributed by atoms with Crippen molar-refractivity contribution in [2.45, 2.75) is 62.4 Å². The minimum Gasteiger partial charge on any atom is -0.388 e. The minimum absolute atomic E-state index is 0.0748. The highest BCUT2D eigenvalue weighted by molar-refractivity contribution is 6.35. The molecule has 0 radical (unpaired) electrons. The molecule has 0 saturated heterocycles. The van der Waals surface area contributed by atoms with Gasteiger partial charge in [-0.3, -0.25) is 14.6 Å². The Labute approximate surface area is 177 Å². The van der Waals surface area contributed by atoms with E-state index in [4.69, 9.17) is 11.6 Å². The lowest BCUT2D eigenvalue weighted by Crippen LogP contribution is -2.47. The number of carbonyl (C=O) groups is 2. The van der Waals surface area contributed by atoms with Crippen molar-refractivity contribution in [2.24, 2.45) is 0 Å². The summed E-state index contributed by atoms with van der Waals surface area (Å²) in [4.78, 5) is 29.1. The van der Waals surface area contributed by atoms with E-state index in [1.165, 1.54) is 0 Å². The lowest BCUT2D eigenvalue weighted by molar-refractivity contribution is -0.117. The second-order valence-electron chi connectivity index (χ2n) is 8.47. The second kappa shape index (κ2) is 7.85. The minimum atomic E-state index is -2.76. The van der Waals surface area contributed by atoms with Crippen molar-refractivity contribution in [3.05, 3.63) is 40.5 Å². The number of carbonyl (C=O) groups excluding carboxylic acids is 2. The van der Waals surface area contributed by atoms with Crippen molar-refractivity contribution < 1.29 is 23.5 Å². The summed E-state index contributed by atoms with van der Waals surface area (Å²) in [5.74, 6) is -2.92. The highest BCUT2D eigenvalue weighted by Crippen LogP contribution is 2.38. The fourth-order valence-corrected chi connectivity index (χ4v) is 4.56. The van der Waals surface area contributed by atoms with E-state index in [9.17, 15) is 23.5 Å². The molecule has 8 heteroatoms. The molecule has 2 fully saturated rings. The van der Waals surface area contributed by atoms with E-state index in [0.29, 0.717) is 23.7 Å². The Hall–Kier alpha value is -2.12. The summed E-state index contributed by atoms with van der Waals surface area (Å²) in [5.41, 5.74) is 0.298. The number of amides is 1. The van der Waals surface area contributed by atoms with Crippen LogP contribution >= 0.6 is 11.6 Å². The zero-order chi connectivity index (χ0) is 21.5. The molecule has 1 unspecified atom stereocenters. The molecule has 30 heavy (non-hydrogen) atoms. The van der Waals surface area contributed by atoms with Gasteiger partial charge in [0.25, 0.3) is 5.91 Å². The van der Waals surface area contributed by atoms with E-state index in [2.05, 4.69) is 10.3 Å². The van der Waals surface area contributed by atoms with Crippen molar-refractivity contribution in [1.82, 2.24) is 10.3 Å². The summed E-state index contributed by atoms with van der Waals surface area (Å²) >= 11 is 6.28. The van der Waals surface area contributed by atoms with Gasteiger partial charge >= 0.3 is 0 Å². The molecule has 0 spiro atoms. The molecule has 2 aromatic rings. The van der Waals surface area contributed by atoms with Crippen LogP contribution in [0.4, 0.5) is 8.78 Å². The average Bonchev–Trinajstić information content (AvgIpc) is 3.15. The molecule has 1 aromatic carbocycles. The number of nitrogens with zero attached hydrogens (tertiary/aromatic N) is 1. The number of aromatic nitrogens is 1.